The highest BCUT2D eigenvalue weighted by molar-refractivity contribution is 5.66. The van der Waals surface area contributed by atoms with Gasteiger partial charge in [0.25, 0.3) is 0 Å². The van der Waals surface area contributed by atoms with Crippen molar-refractivity contribution in [3.8, 4) is 5.75 Å². The first-order chi connectivity index (χ1) is 10.4. The molecule has 0 bridgehead atoms. The van der Waals surface area contributed by atoms with E-state index in [9.17, 15) is 18.0 Å². The Morgan fingerprint density at radius 2 is 1.83 bits per heavy atom. The van der Waals surface area contributed by atoms with Gasteiger partial charge in [-0.15, -0.1) is 0 Å². The Kier molecular flexibility index (Phi) is 8.72. The van der Waals surface area contributed by atoms with Crippen LogP contribution in [0.4, 0.5) is 13.2 Å². The molecule has 0 spiro atoms. The Morgan fingerprint density at radius 3 is 2.26 bits per heavy atom. The summed E-state index contributed by atoms with van der Waals surface area (Å²) >= 11 is 0. The molecule has 1 aromatic rings. The van der Waals surface area contributed by atoms with Crippen molar-refractivity contribution in [2.75, 3.05) is 7.11 Å². The number of carboxylic acids is 1. The summed E-state index contributed by atoms with van der Waals surface area (Å²) in [5.74, 6) is -0.244. The first kappa shape index (κ1) is 21.3. The maximum absolute atomic E-state index is 11.9. The van der Waals surface area contributed by atoms with Gasteiger partial charge in [-0.1, -0.05) is 32.9 Å². The molecule has 0 fully saturated rings. The van der Waals surface area contributed by atoms with Gasteiger partial charge in [-0.2, -0.15) is 13.2 Å². The van der Waals surface area contributed by atoms with Crippen LogP contribution in [0.25, 0.3) is 0 Å². The van der Waals surface area contributed by atoms with Crippen molar-refractivity contribution < 1.29 is 27.8 Å². The van der Waals surface area contributed by atoms with Gasteiger partial charge in [0.2, 0.25) is 0 Å². The summed E-state index contributed by atoms with van der Waals surface area (Å²) in [4.78, 5) is 10.1. The van der Waals surface area contributed by atoms with Gasteiger partial charge in [0.05, 0.1) is 13.5 Å². The number of ether oxygens (including phenoxy) is 1. The number of aliphatic carboxylic acids is 1. The average molecular weight is 334 g/mol. The Morgan fingerprint density at radius 1 is 1.22 bits per heavy atom. The number of carbonyl (C=O) groups is 1. The van der Waals surface area contributed by atoms with E-state index in [2.05, 4.69) is 20.8 Å². The van der Waals surface area contributed by atoms with Crippen LogP contribution in [0.1, 0.15) is 45.6 Å². The quantitative estimate of drug-likeness (QED) is 0.816. The van der Waals surface area contributed by atoms with E-state index in [4.69, 9.17) is 9.84 Å². The summed E-state index contributed by atoms with van der Waals surface area (Å²) < 4.78 is 40.6. The number of alkyl halides is 3. The fraction of sp³-hybridized carbons (Fsp3) is 0.588. The number of hydrogen-bond acceptors (Lipinski definition) is 2. The van der Waals surface area contributed by atoms with Gasteiger partial charge in [-0.25, -0.2) is 0 Å². The summed E-state index contributed by atoms with van der Waals surface area (Å²) in [6.07, 6.45) is -2.99. The van der Waals surface area contributed by atoms with Crippen LogP contribution in [-0.2, 0) is 11.2 Å². The van der Waals surface area contributed by atoms with Crippen LogP contribution >= 0.6 is 0 Å². The molecular weight excluding hydrogens is 309 g/mol. The lowest BCUT2D eigenvalue weighted by molar-refractivity contribution is -0.137. The van der Waals surface area contributed by atoms with Gasteiger partial charge in [0, 0.05) is 6.42 Å². The fourth-order valence-corrected chi connectivity index (χ4v) is 1.78. The third-order valence-electron chi connectivity index (χ3n) is 2.86. The van der Waals surface area contributed by atoms with Crippen LogP contribution in [0.5, 0.6) is 5.75 Å². The van der Waals surface area contributed by atoms with Crippen LogP contribution < -0.4 is 4.74 Å². The van der Waals surface area contributed by atoms with Crippen molar-refractivity contribution in [2.45, 2.75) is 52.6 Å². The number of carboxylic acid groups (broad SMARTS) is 1. The van der Waals surface area contributed by atoms with Crippen molar-refractivity contribution in [2.24, 2.45) is 5.41 Å². The maximum atomic E-state index is 11.9. The first-order valence-electron chi connectivity index (χ1n) is 7.34. The number of halogens is 3. The van der Waals surface area contributed by atoms with Crippen molar-refractivity contribution >= 4 is 5.97 Å². The zero-order valence-corrected chi connectivity index (χ0v) is 14.0. The Hall–Kier alpha value is -1.72. The molecule has 132 valence electrons. The number of hydrogen-bond donors (Lipinski definition) is 1. The minimum atomic E-state index is -4.16. The van der Waals surface area contributed by atoms with E-state index in [1.807, 2.05) is 0 Å². The molecule has 23 heavy (non-hydrogen) atoms. The Balaban J connectivity index is 0.000000438. The zero-order chi connectivity index (χ0) is 18.1. The molecular formula is C17H25F3O3. The highest BCUT2D eigenvalue weighted by Gasteiger charge is 2.27. The lowest BCUT2D eigenvalue weighted by Gasteiger charge is -2.16. The molecule has 0 atom stereocenters. The molecule has 0 heterocycles. The lowest BCUT2D eigenvalue weighted by Crippen LogP contribution is -2.11. The average Bonchev–Trinajstić information content (AvgIpc) is 2.35. The van der Waals surface area contributed by atoms with Gasteiger partial charge >= 0.3 is 12.1 Å². The summed E-state index contributed by atoms with van der Waals surface area (Å²) in [5, 5.41) is 8.31. The largest absolute Gasteiger partial charge is 0.497 e. The van der Waals surface area contributed by atoms with Gasteiger partial charge in [0.15, 0.2) is 0 Å². The molecule has 0 aliphatic rings. The van der Waals surface area contributed by atoms with E-state index >= 15 is 0 Å². The summed E-state index contributed by atoms with van der Waals surface area (Å²) in [6, 6.07) is 5.96. The van der Waals surface area contributed by atoms with Crippen molar-refractivity contribution in [3.63, 3.8) is 0 Å². The standard InChI is InChI=1S/C9H9F3O.C8H16O2/c1-13-8-4-2-3-7(5-8)6-9(10,11)12;1-8(2,3)6-4-5-7(9)10/h2-5H,6H2,1H3;4-6H2,1-3H3,(H,9,10). The third kappa shape index (κ3) is 13.7. The van der Waals surface area contributed by atoms with Crippen molar-refractivity contribution in [1.82, 2.24) is 0 Å². The lowest BCUT2D eigenvalue weighted by atomic mass is 9.90. The molecule has 0 amide bonds. The minimum Gasteiger partial charge on any atom is -0.497 e. The SMILES string of the molecule is CC(C)(C)CCCC(=O)O.COc1cccc(CC(F)(F)F)c1. The predicted octanol–water partition coefficient (Wildman–Crippen LogP) is 5.09. The van der Waals surface area contributed by atoms with Crippen LogP contribution in [-0.4, -0.2) is 24.4 Å². The Bertz CT molecular complexity index is 477. The van der Waals surface area contributed by atoms with E-state index in [0.717, 1.165) is 12.8 Å². The highest BCUT2D eigenvalue weighted by atomic mass is 19.4. The molecule has 0 aliphatic carbocycles. The summed E-state index contributed by atoms with van der Waals surface area (Å²) in [5.41, 5.74) is 0.488. The van der Waals surface area contributed by atoms with E-state index in [1.165, 1.54) is 19.2 Å². The summed E-state index contributed by atoms with van der Waals surface area (Å²) in [7, 11) is 1.42. The second-order valence-corrected chi connectivity index (χ2v) is 6.45. The number of methoxy groups -OCH3 is 1. The highest BCUT2D eigenvalue weighted by Crippen LogP contribution is 2.23. The van der Waals surface area contributed by atoms with Crippen molar-refractivity contribution in [3.05, 3.63) is 29.8 Å². The first-order valence-corrected chi connectivity index (χ1v) is 7.34. The molecule has 6 heteroatoms. The van der Waals surface area contributed by atoms with Gasteiger partial charge in [-0.05, 0) is 36.0 Å². The Labute approximate surface area is 135 Å². The van der Waals surface area contributed by atoms with E-state index in [-0.39, 0.29) is 11.0 Å². The normalized spacial score (nSPS) is 11.4. The second-order valence-electron chi connectivity index (χ2n) is 6.45. The van der Waals surface area contributed by atoms with E-state index in [1.54, 1.807) is 12.1 Å². The third-order valence-corrected chi connectivity index (χ3v) is 2.86. The summed E-state index contributed by atoms with van der Waals surface area (Å²) in [6.45, 7) is 6.36. The maximum Gasteiger partial charge on any atom is 0.393 e. The smallest absolute Gasteiger partial charge is 0.393 e. The van der Waals surface area contributed by atoms with Gasteiger partial charge in [-0.3, -0.25) is 4.79 Å². The molecule has 1 aromatic carbocycles. The molecule has 0 unspecified atom stereocenters. The van der Waals surface area contributed by atoms with Crippen LogP contribution in [0, 0.1) is 5.41 Å². The zero-order valence-electron chi connectivity index (χ0n) is 14.0. The molecule has 1 N–H and O–H groups in total. The molecule has 0 saturated carbocycles. The van der Waals surface area contributed by atoms with E-state index < -0.39 is 18.6 Å². The van der Waals surface area contributed by atoms with E-state index in [0.29, 0.717) is 12.2 Å². The minimum absolute atomic E-state index is 0.215. The van der Waals surface area contributed by atoms with Gasteiger partial charge < -0.3 is 9.84 Å². The predicted molar refractivity (Wildman–Crippen MR) is 83.7 cm³/mol. The number of rotatable bonds is 5. The number of benzene rings is 1. The van der Waals surface area contributed by atoms with Crippen LogP contribution in [0.3, 0.4) is 0 Å². The second kappa shape index (κ2) is 9.43. The molecule has 1 rings (SSSR count). The molecule has 0 radical (unpaired) electrons. The van der Waals surface area contributed by atoms with Crippen LogP contribution in [0.2, 0.25) is 0 Å². The topological polar surface area (TPSA) is 46.5 Å². The van der Waals surface area contributed by atoms with Crippen molar-refractivity contribution in [1.29, 1.82) is 0 Å². The van der Waals surface area contributed by atoms with Gasteiger partial charge in [0.1, 0.15) is 5.75 Å². The molecule has 0 aliphatic heterocycles. The molecule has 0 aromatic heterocycles. The molecule has 3 nitrogen and oxygen atoms in total. The van der Waals surface area contributed by atoms with Crippen LogP contribution in [0.15, 0.2) is 24.3 Å². The monoisotopic (exact) mass is 334 g/mol. The fourth-order valence-electron chi connectivity index (χ4n) is 1.78. The molecule has 0 saturated heterocycles.